The van der Waals surface area contributed by atoms with Gasteiger partial charge in [-0.3, -0.25) is 9.69 Å². The van der Waals surface area contributed by atoms with Crippen molar-refractivity contribution >= 4 is 28.3 Å². The lowest BCUT2D eigenvalue weighted by molar-refractivity contribution is 0.0946. The van der Waals surface area contributed by atoms with Gasteiger partial charge in [-0.1, -0.05) is 6.07 Å². The van der Waals surface area contributed by atoms with Crippen LogP contribution in [0.3, 0.4) is 0 Å². The number of benzene rings is 1. The molecule has 2 aliphatic rings. The molecule has 3 N–H and O–H groups in total. The lowest BCUT2D eigenvalue weighted by atomic mass is 10.1. The van der Waals surface area contributed by atoms with E-state index in [1.54, 1.807) is 12.1 Å². The number of carbonyl (C=O) groups is 1. The SMILES string of the molecule is Cc1ccc(S(=O)(=O)NC2CC2)cc1C(=O)NCCN1CCNCC1.Cl. The Bertz CT molecular complexity index is 732. The maximum atomic E-state index is 12.5. The van der Waals surface area contributed by atoms with Crippen molar-refractivity contribution in [1.82, 2.24) is 20.3 Å². The summed E-state index contributed by atoms with van der Waals surface area (Å²) >= 11 is 0. The third-order valence-corrected chi connectivity index (χ3v) is 6.10. The van der Waals surface area contributed by atoms with E-state index in [0.29, 0.717) is 12.1 Å². The van der Waals surface area contributed by atoms with Crippen molar-refractivity contribution in [2.75, 3.05) is 39.3 Å². The fourth-order valence-corrected chi connectivity index (χ4v) is 4.19. The van der Waals surface area contributed by atoms with Crippen molar-refractivity contribution in [3.05, 3.63) is 29.3 Å². The number of halogens is 1. The molecule has 1 aliphatic heterocycles. The van der Waals surface area contributed by atoms with E-state index in [1.165, 1.54) is 6.07 Å². The third-order valence-electron chi connectivity index (χ3n) is 4.59. The van der Waals surface area contributed by atoms with Crippen LogP contribution in [0.2, 0.25) is 0 Å². The van der Waals surface area contributed by atoms with Gasteiger partial charge >= 0.3 is 0 Å². The Hall–Kier alpha value is -1.19. The molecule has 1 amide bonds. The summed E-state index contributed by atoms with van der Waals surface area (Å²) in [5.74, 6) is -0.226. The molecule has 0 spiro atoms. The van der Waals surface area contributed by atoms with Gasteiger partial charge in [-0.25, -0.2) is 13.1 Å². The van der Waals surface area contributed by atoms with Crippen LogP contribution < -0.4 is 15.4 Å². The lowest BCUT2D eigenvalue weighted by Gasteiger charge is -2.27. The molecule has 146 valence electrons. The van der Waals surface area contributed by atoms with Gasteiger partial charge in [-0.15, -0.1) is 12.4 Å². The Kier molecular flexibility index (Phi) is 7.42. The Morgan fingerprint density at radius 3 is 2.62 bits per heavy atom. The Labute approximate surface area is 161 Å². The number of rotatable bonds is 7. The van der Waals surface area contributed by atoms with Gasteiger partial charge in [-0.05, 0) is 37.5 Å². The van der Waals surface area contributed by atoms with Gasteiger partial charge in [0.25, 0.3) is 5.91 Å². The highest BCUT2D eigenvalue weighted by atomic mass is 35.5. The number of piperazine rings is 1. The van der Waals surface area contributed by atoms with Crippen LogP contribution in [0.5, 0.6) is 0 Å². The Morgan fingerprint density at radius 1 is 1.27 bits per heavy atom. The normalized spacial score (nSPS) is 18.2. The van der Waals surface area contributed by atoms with Crippen molar-refractivity contribution < 1.29 is 13.2 Å². The Balaban J connectivity index is 0.00000243. The molecule has 1 heterocycles. The molecular formula is C17H27ClN4O3S. The van der Waals surface area contributed by atoms with E-state index >= 15 is 0 Å². The van der Waals surface area contributed by atoms with Gasteiger partial charge < -0.3 is 10.6 Å². The molecule has 0 radical (unpaired) electrons. The summed E-state index contributed by atoms with van der Waals surface area (Å²) in [5.41, 5.74) is 1.18. The van der Waals surface area contributed by atoms with Gasteiger partial charge in [0.05, 0.1) is 4.90 Å². The van der Waals surface area contributed by atoms with Gasteiger partial charge in [0.15, 0.2) is 0 Å². The monoisotopic (exact) mass is 402 g/mol. The molecule has 2 fully saturated rings. The maximum Gasteiger partial charge on any atom is 0.251 e. The highest BCUT2D eigenvalue weighted by Crippen LogP contribution is 2.23. The number of nitrogens with one attached hydrogen (secondary N) is 3. The van der Waals surface area contributed by atoms with Crippen molar-refractivity contribution in [3.8, 4) is 0 Å². The summed E-state index contributed by atoms with van der Waals surface area (Å²) in [5, 5.41) is 6.20. The summed E-state index contributed by atoms with van der Waals surface area (Å²) in [7, 11) is -3.55. The molecule has 1 aliphatic carbocycles. The van der Waals surface area contributed by atoms with Crippen LogP contribution in [-0.4, -0.2) is 64.5 Å². The molecule has 1 saturated carbocycles. The predicted molar refractivity (Wildman–Crippen MR) is 103 cm³/mol. The van der Waals surface area contributed by atoms with Crippen molar-refractivity contribution in [2.24, 2.45) is 0 Å². The van der Waals surface area contributed by atoms with Crippen molar-refractivity contribution in [3.63, 3.8) is 0 Å². The second-order valence-corrected chi connectivity index (χ2v) is 8.43. The second-order valence-electron chi connectivity index (χ2n) is 6.72. The molecule has 1 saturated heterocycles. The van der Waals surface area contributed by atoms with E-state index in [1.807, 2.05) is 6.92 Å². The van der Waals surface area contributed by atoms with Crippen molar-refractivity contribution in [1.29, 1.82) is 0 Å². The fraction of sp³-hybridized carbons (Fsp3) is 0.588. The van der Waals surface area contributed by atoms with E-state index < -0.39 is 10.0 Å². The minimum absolute atomic E-state index is 0. The van der Waals surface area contributed by atoms with Crippen LogP contribution in [0.1, 0.15) is 28.8 Å². The van der Waals surface area contributed by atoms with Crippen LogP contribution in [0.4, 0.5) is 0 Å². The number of hydrogen-bond acceptors (Lipinski definition) is 5. The first kappa shape index (κ1) is 21.1. The summed E-state index contributed by atoms with van der Waals surface area (Å²) < 4.78 is 27.3. The Morgan fingerprint density at radius 2 is 1.96 bits per heavy atom. The number of hydrogen-bond donors (Lipinski definition) is 3. The van der Waals surface area contributed by atoms with E-state index in [4.69, 9.17) is 0 Å². The molecule has 26 heavy (non-hydrogen) atoms. The molecule has 0 aromatic heterocycles. The van der Waals surface area contributed by atoms with Crippen LogP contribution in [0.15, 0.2) is 23.1 Å². The molecule has 7 nitrogen and oxygen atoms in total. The van der Waals surface area contributed by atoms with Crippen LogP contribution in [0.25, 0.3) is 0 Å². The van der Waals surface area contributed by atoms with Gasteiger partial charge in [0.2, 0.25) is 10.0 Å². The molecular weight excluding hydrogens is 376 g/mol. The smallest absolute Gasteiger partial charge is 0.251 e. The average Bonchev–Trinajstić information content (AvgIpc) is 3.39. The molecule has 9 heteroatoms. The number of amides is 1. The zero-order valence-corrected chi connectivity index (χ0v) is 16.6. The molecule has 1 aromatic rings. The fourth-order valence-electron chi connectivity index (χ4n) is 2.86. The van der Waals surface area contributed by atoms with Crippen LogP contribution >= 0.6 is 12.4 Å². The quantitative estimate of drug-likeness (QED) is 0.617. The number of sulfonamides is 1. The van der Waals surface area contributed by atoms with E-state index in [2.05, 4.69) is 20.3 Å². The molecule has 0 unspecified atom stereocenters. The number of nitrogens with zero attached hydrogens (tertiary/aromatic N) is 1. The van der Waals surface area contributed by atoms with E-state index in [-0.39, 0.29) is 29.3 Å². The maximum absolute atomic E-state index is 12.5. The molecule has 3 rings (SSSR count). The first-order valence-corrected chi connectivity index (χ1v) is 10.3. The predicted octanol–water partition coefficient (Wildman–Crippen LogP) is 0.493. The first-order valence-electron chi connectivity index (χ1n) is 8.80. The van der Waals surface area contributed by atoms with E-state index in [0.717, 1.165) is 51.1 Å². The molecule has 0 atom stereocenters. The van der Waals surface area contributed by atoms with Crippen molar-refractivity contribution in [2.45, 2.75) is 30.7 Å². The van der Waals surface area contributed by atoms with Crippen LogP contribution in [0, 0.1) is 6.92 Å². The van der Waals surface area contributed by atoms with Gasteiger partial charge in [0, 0.05) is 50.9 Å². The zero-order chi connectivity index (χ0) is 17.9. The molecule has 0 bridgehead atoms. The first-order chi connectivity index (χ1) is 12.0. The number of carbonyl (C=O) groups excluding carboxylic acids is 1. The average molecular weight is 403 g/mol. The second kappa shape index (κ2) is 9.14. The summed E-state index contributed by atoms with van der Waals surface area (Å²) in [6, 6.07) is 4.76. The standard InChI is InChI=1S/C17H26N4O3S.ClH/c1-13-2-5-15(25(23,24)20-14-3-4-14)12-16(13)17(22)19-8-11-21-9-6-18-7-10-21;/h2,5,12,14,18,20H,3-4,6-11H2,1H3,(H,19,22);1H. The number of aryl methyl sites for hydroxylation is 1. The largest absolute Gasteiger partial charge is 0.351 e. The topological polar surface area (TPSA) is 90.5 Å². The highest BCUT2D eigenvalue weighted by molar-refractivity contribution is 7.89. The third kappa shape index (κ3) is 5.65. The minimum atomic E-state index is -3.55. The summed E-state index contributed by atoms with van der Waals surface area (Å²) in [6.45, 7) is 7.08. The zero-order valence-electron chi connectivity index (χ0n) is 15.0. The van der Waals surface area contributed by atoms with Gasteiger partial charge in [0.1, 0.15) is 0 Å². The van der Waals surface area contributed by atoms with Crippen LogP contribution in [-0.2, 0) is 10.0 Å². The summed E-state index contributed by atoms with van der Waals surface area (Å²) in [6.07, 6.45) is 1.76. The highest BCUT2D eigenvalue weighted by Gasteiger charge is 2.28. The van der Waals surface area contributed by atoms with E-state index in [9.17, 15) is 13.2 Å². The summed E-state index contributed by atoms with van der Waals surface area (Å²) in [4.78, 5) is 14.9. The molecule has 1 aromatic carbocycles. The minimum Gasteiger partial charge on any atom is -0.351 e. The van der Waals surface area contributed by atoms with Gasteiger partial charge in [-0.2, -0.15) is 0 Å². The lowest BCUT2D eigenvalue weighted by Crippen LogP contribution is -2.46.